The predicted molar refractivity (Wildman–Crippen MR) is 75.5 cm³/mol. The van der Waals surface area contributed by atoms with Gasteiger partial charge in [-0.2, -0.15) is 0 Å². The summed E-state index contributed by atoms with van der Waals surface area (Å²) in [6.07, 6.45) is -0.951. The molecule has 1 aromatic rings. The zero-order chi connectivity index (χ0) is 15.7. The Morgan fingerprint density at radius 1 is 1.27 bits per heavy atom. The highest BCUT2D eigenvalue weighted by molar-refractivity contribution is 7.89. The van der Waals surface area contributed by atoms with E-state index in [0.29, 0.717) is 31.3 Å². The van der Waals surface area contributed by atoms with E-state index in [9.17, 15) is 13.2 Å². The molecule has 1 unspecified atom stereocenters. The smallest absolute Gasteiger partial charge is 0.410 e. The molecule has 2 aliphatic heterocycles. The van der Waals surface area contributed by atoms with Crippen molar-refractivity contribution >= 4 is 16.1 Å². The second kappa shape index (κ2) is 5.65. The molecule has 0 aliphatic carbocycles. The fourth-order valence-corrected chi connectivity index (χ4v) is 3.31. The average Bonchev–Trinajstić information content (AvgIpc) is 2.83. The first-order valence-electron chi connectivity index (χ1n) is 6.77. The summed E-state index contributed by atoms with van der Waals surface area (Å²) in [4.78, 5) is 12.7. The topological polar surface area (TPSA) is 94.2 Å². The third kappa shape index (κ3) is 2.95. The monoisotopic (exact) mass is 328 g/mol. The van der Waals surface area contributed by atoms with Gasteiger partial charge in [0.25, 0.3) is 0 Å². The van der Waals surface area contributed by atoms with E-state index in [1.165, 1.54) is 17.0 Å². The zero-order valence-electron chi connectivity index (χ0n) is 11.9. The van der Waals surface area contributed by atoms with E-state index in [1.807, 2.05) is 0 Å². The highest BCUT2D eigenvalue weighted by Gasteiger charge is 2.29. The number of hydrogen-bond acceptors (Lipinski definition) is 6. The van der Waals surface area contributed by atoms with Gasteiger partial charge < -0.3 is 19.1 Å². The number of fused-ring (bicyclic) bond motifs is 1. The first-order valence-corrected chi connectivity index (χ1v) is 8.25. The Morgan fingerprint density at radius 2 is 2.00 bits per heavy atom. The molecule has 120 valence electrons. The zero-order valence-corrected chi connectivity index (χ0v) is 12.8. The number of amides is 1. The van der Waals surface area contributed by atoms with E-state index in [-0.39, 0.29) is 11.4 Å². The van der Waals surface area contributed by atoms with E-state index in [0.717, 1.165) is 0 Å². The minimum atomic E-state index is -3.71. The lowest BCUT2D eigenvalue weighted by atomic mass is 10.3. The molecule has 1 saturated heterocycles. The average molecular weight is 328 g/mol. The van der Waals surface area contributed by atoms with Crippen LogP contribution in [0.3, 0.4) is 0 Å². The van der Waals surface area contributed by atoms with Crippen LogP contribution < -0.4 is 14.2 Å². The SMILES string of the molecule is CN1CC(CNS(=O)(=O)c2ccc3c(c2)OCCO3)OC1=O. The van der Waals surface area contributed by atoms with Crippen LogP contribution in [-0.4, -0.2) is 58.9 Å². The van der Waals surface area contributed by atoms with Crippen molar-refractivity contribution in [3.63, 3.8) is 0 Å². The Balaban J connectivity index is 1.69. The Kier molecular flexibility index (Phi) is 3.83. The molecule has 1 fully saturated rings. The van der Waals surface area contributed by atoms with E-state index in [1.54, 1.807) is 13.1 Å². The molecule has 1 amide bonds. The molecule has 0 radical (unpaired) electrons. The number of hydrogen-bond donors (Lipinski definition) is 1. The van der Waals surface area contributed by atoms with Gasteiger partial charge in [0, 0.05) is 19.7 Å². The second-order valence-electron chi connectivity index (χ2n) is 5.04. The van der Waals surface area contributed by atoms with Gasteiger partial charge in [-0.25, -0.2) is 17.9 Å². The highest BCUT2D eigenvalue weighted by Crippen LogP contribution is 2.32. The number of nitrogens with one attached hydrogen (secondary N) is 1. The number of nitrogens with zero attached hydrogens (tertiary/aromatic N) is 1. The minimum Gasteiger partial charge on any atom is -0.486 e. The maximum atomic E-state index is 12.3. The molecule has 1 atom stereocenters. The molecule has 3 rings (SSSR count). The summed E-state index contributed by atoms with van der Waals surface area (Å²) in [5, 5.41) is 0. The summed E-state index contributed by atoms with van der Waals surface area (Å²) in [6.45, 7) is 1.20. The number of carbonyl (C=O) groups excluding carboxylic acids is 1. The lowest BCUT2D eigenvalue weighted by molar-refractivity contribution is 0.135. The van der Waals surface area contributed by atoms with Crippen LogP contribution >= 0.6 is 0 Å². The number of cyclic esters (lactones) is 1. The fraction of sp³-hybridized carbons (Fsp3) is 0.462. The number of likely N-dealkylation sites (N-methyl/N-ethyl adjacent to an activating group) is 1. The standard InChI is InChI=1S/C13H16N2O6S/c1-15-8-9(21-13(15)16)7-14-22(17,18)10-2-3-11-12(6-10)20-5-4-19-11/h2-3,6,9,14H,4-5,7-8H2,1H3. The van der Waals surface area contributed by atoms with Crippen LogP contribution in [0.4, 0.5) is 4.79 Å². The Hall–Kier alpha value is -2.00. The highest BCUT2D eigenvalue weighted by atomic mass is 32.2. The number of rotatable bonds is 4. The number of ether oxygens (including phenoxy) is 3. The van der Waals surface area contributed by atoms with Crippen molar-refractivity contribution in [2.24, 2.45) is 0 Å². The van der Waals surface area contributed by atoms with Gasteiger partial charge in [-0.1, -0.05) is 0 Å². The van der Waals surface area contributed by atoms with Gasteiger partial charge in [-0.15, -0.1) is 0 Å². The number of carbonyl (C=O) groups is 1. The van der Waals surface area contributed by atoms with Crippen LogP contribution in [0, 0.1) is 0 Å². The maximum Gasteiger partial charge on any atom is 0.410 e. The molecule has 8 nitrogen and oxygen atoms in total. The summed E-state index contributed by atoms with van der Waals surface area (Å²) in [7, 11) is -2.12. The van der Waals surface area contributed by atoms with Gasteiger partial charge in [0.1, 0.15) is 19.3 Å². The second-order valence-corrected chi connectivity index (χ2v) is 6.81. The van der Waals surface area contributed by atoms with Crippen molar-refractivity contribution in [3.8, 4) is 11.5 Å². The van der Waals surface area contributed by atoms with Crippen molar-refractivity contribution in [1.82, 2.24) is 9.62 Å². The number of benzene rings is 1. The van der Waals surface area contributed by atoms with Crippen LogP contribution in [0.2, 0.25) is 0 Å². The van der Waals surface area contributed by atoms with Crippen molar-refractivity contribution in [2.75, 3.05) is 33.4 Å². The molecule has 2 heterocycles. The van der Waals surface area contributed by atoms with Crippen LogP contribution in [0.25, 0.3) is 0 Å². The van der Waals surface area contributed by atoms with Gasteiger partial charge in [0.2, 0.25) is 10.0 Å². The summed E-state index contributed by atoms with van der Waals surface area (Å²) >= 11 is 0. The van der Waals surface area contributed by atoms with Crippen LogP contribution in [0.15, 0.2) is 23.1 Å². The van der Waals surface area contributed by atoms with E-state index >= 15 is 0 Å². The molecule has 1 N–H and O–H groups in total. The Labute approximate surface area is 128 Å². The normalized spacial score (nSPS) is 20.9. The lowest BCUT2D eigenvalue weighted by Crippen LogP contribution is -2.34. The molecule has 1 aromatic carbocycles. The van der Waals surface area contributed by atoms with Crippen molar-refractivity contribution in [1.29, 1.82) is 0 Å². The molecular formula is C13H16N2O6S. The quantitative estimate of drug-likeness (QED) is 0.848. The van der Waals surface area contributed by atoms with Gasteiger partial charge in [-0.05, 0) is 12.1 Å². The predicted octanol–water partition coefficient (Wildman–Crippen LogP) is 0.187. The molecular weight excluding hydrogens is 312 g/mol. The summed E-state index contributed by atoms with van der Waals surface area (Å²) in [5.41, 5.74) is 0. The number of sulfonamides is 1. The molecule has 22 heavy (non-hydrogen) atoms. The molecule has 0 spiro atoms. The first kappa shape index (κ1) is 14.9. The molecule has 0 bridgehead atoms. The molecule has 0 saturated carbocycles. The largest absolute Gasteiger partial charge is 0.486 e. The van der Waals surface area contributed by atoms with E-state index in [2.05, 4.69) is 4.72 Å². The Morgan fingerprint density at radius 3 is 2.68 bits per heavy atom. The third-order valence-corrected chi connectivity index (χ3v) is 4.80. The van der Waals surface area contributed by atoms with Crippen molar-refractivity contribution < 1.29 is 27.4 Å². The van der Waals surface area contributed by atoms with E-state index in [4.69, 9.17) is 14.2 Å². The lowest BCUT2D eigenvalue weighted by Gasteiger charge is -2.19. The van der Waals surface area contributed by atoms with Gasteiger partial charge in [0.05, 0.1) is 11.4 Å². The third-order valence-electron chi connectivity index (χ3n) is 3.38. The summed E-state index contributed by atoms with van der Waals surface area (Å²) in [5.74, 6) is 0.928. The summed E-state index contributed by atoms with van der Waals surface area (Å²) in [6, 6.07) is 4.43. The molecule has 2 aliphatic rings. The van der Waals surface area contributed by atoms with E-state index < -0.39 is 22.2 Å². The molecule has 9 heteroatoms. The molecule has 0 aromatic heterocycles. The van der Waals surface area contributed by atoms with Gasteiger partial charge in [0.15, 0.2) is 11.5 Å². The van der Waals surface area contributed by atoms with Gasteiger partial charge in [-0.3, -0.25) is 0 Å². The Bertz CT molecular complexity index is 690. The summed E-state index contributed by atoms with van der Waals surface area (Å²) < 4.78 is 42.7. The fourth-order valence-electron chi connectivity index (χ4n) is 2.23. The first-order chi connectivity index (χ1) is 10.5. The van der Waals surface area contributed by atoms with Crippen LogP contribution in [-0.2, 0) is 14.8 Å². The van der Waals surface area contributed by atoms with Crippen molar-refractivity contribution in [2.45, 2.75) is 11.0 Å². The minimum absolute atomic E-state index is 0.0207. The van der Waals surface area contributed by atoms with Gasteiger partial charge >= 0.3 is 6.09 Å². The maximum absolute atomic E-state index is 12.3. The van der Waals surface area contributed by atoms with Crippen LogP contribution in [0.1, 0.15) is 0 Å². The van der Waals surface area contributed by atoms with Crippen LogP contribution in [0.5, 0.6) is 11.5 Å². The van der Waals surface area contributed by atoms with Crippen molar-refractivity contribution in [3.05, 3.63) is 18.2 Å².